The average molecular weight is 246 g/mol. The molecule has 3 fully saturated rings. The first-order chi connectivity index (χ1) is 8.58. The number of esters is 1. The van der Waals surface area contributed by atoms with E-state index in [1.165, 1.54) is 0 Å². The standard InChI is InChI=1S/C15H18O3/c1-14-7-9-15(10-8-14,18-13(14)16)11-3-5-12(17-2)6-4-11/h3-6H,7-10H2,1-2H3. The molecular formula is C15H18O3. The van der Waals surface area contributed by atoms with E-state index in [0.29, 0.717) is 0 Å². The van der Waals surface area contributed by atoms with E-state index in [1.54, 1.807) is 7.11 Å². The number of fused-ring (bicyclic) bond motifs is 3. The van der Waals surface area contributed by atoms with Gasteiger partial charge in [0.1, 0.15) is 11.4 Å². The van der Waals surface area contributed by atoms with Crippen LogP contribution in [0.3, 0.4) is 0 Å². The Balaban J connectivity index is 1.93. The Kier molecular flexibility index (Phi) is 2.40. The molecule has 1 aromatic carbocycles. The van der Waals surface area contributed by atoms with Gasteiger partial charge in [0.25, 0.3) is 0 Å². The third-order valence-corrected chi connectivity index (χ3v) is 4.56. The summed E-state index contributed by atoms with van der Waals surface area (Å²) >= 11 is 0. The maximum absolute atomic E-state index is 12.0. The fourth-order valence-electron chi connectivity index (χ4n) is 3.05. The highest BCUT2D eigenvalue weighted by molar-refractivity contribution is 5.79. The van der Waals surface area contributed by atoms with Gasteiger partial charge in [0, 0.05) is 0 Å². The minimum absolute atomic E-state index is 0.0316. The second kappa shape index (κ2) is 3.74. The van der Waals surface area contributed by atoms with Crippen molar-refractivity contribution in [1.29, 1.82) is 0 Å². The Labute approximate surface area is 107 Å². The predicted molar refractivity (Wildman–Crippen MR) is 67.3 cm³/mol. The summed E-state index contributed by atoms with van der Waals surface area (Å²) in [5, 5.41) is 0. The minimum atomic E-state index is -0.388. The molecule has 3 nitrogen and oxygen atoms in total. The molecule has 3 heteroatoms. The molecule has 1 aliphatic carbocycles. The van der Waals surface area contributed by atoms with Crippen molar-refractivity contribution in [2.45, 2.75) is 38.2 Å². The third kappa shape index (κ3) is 1.53. The van der Waals surface area contributed by atoms with E-state index < -0.39 is 0 Å². The quantitative estimate of drug-likeness (QED) is 0.752. The van der Waals surface area contributed by atoms with Crippen molar-refractivity contribution in [3.8, 4) is 5.75 Å². The van der Waals surface area contributed by atoms with Gasteiger partial charge in [-0.2, -0.15) is 0 Å². The summed E-state index contributed by atoms with van der Waals surface area (Å²) in [6.45, 7) is 2.02. The zero-order chi connectivity index (χ0) is 12.8. The molecule has 2 aliphatic heterocycles. The highest BCUT2D eigenvalue weighted by atomic mass is 16.6. The molecule has 2 saturated heterocycles. The second-order valence-corrected chi connectivity index (χ2v) is 5.67. The van der Waals surface area contributed by atoms with Gasteiger partial charge in [-0.3, -0.25) is 4.79 Å². The van der Waals surface area contributed by atoms with Gasteiger partial charge in [-0.05, 0) is 50.3 Å². The van der Waals surface area contributed by atoms with Crippen molar-refractivity contribution in [3.05, 3.63) is 29.8 Å². The number of rotatable bonds is 2. The maximum atomic E-state index is 12.0. The van der Waals surface area contributed by atoms with Gasteiger partial charge in [0.15, 0.2) is 0 Å². The van der Waals surface area contributed by atoms with Gasteiger partial charge in [-0.15, -0.1) is 0 Å². The molecule has 0 amide bonds. The van der Waals surface area contributed by atoms with E-state index in [2.05, 4.69) is 0 Å². The van der Waals surface area contributed by atoms with E-state index in [1.807, 2.05) is 31.2 Å². The fraction of sp³-hybridized carbons (Fsp3) is 0.533. The molecule has 2 bridgehead atoms. The van der Waals surface area contributed by atoms with Crippen LogP contribution in [0.25, 0.3) is 0 Å². The molecule has 0 aromatic heterocycles. The normalized spacial score (nSPS) is 34.2. The highest BCUT2D eigenvalue weighted by Gasteiger charge is 2.54. The SMILES string of the molecule is COc1ccc(C23CCC(C)(CC2)C(=O)O3)cc1. The van der Waals surface area contributed by atoms with Gasteiger partial charge in [0.05, 0.1) is 12.5 Å². The molecule has 96 valence electrons. The Hall–Kier alpha value is -1.51. The zero-order valence-electron chi connectivity index (χ0n) is 10.9. The summed E-state index contributed by atoms with van der Waals surface area (Å²) in [6, 6.07) is 7.89. The molecular weight excluding hydrogens is 228 g/mol. The lowest BCUT2D eigenvalue weighted by Crippen LogP contribution is -2.51. The van der Waals surface area contributed by atoms with Crippen LogP contribution in [0, 0.1) is 5.41 Å². The van der Waals surface area contributed by atoms with Crippen LogP contribution < -0.4 is 4.74 Å². The van der Waals surface area contributed by atoms with Crippen LogP contribution in [-0.2, 0) is 15.1 Å². The number of hydrogen-bond donors (Lipinski definition) is 0. The van der Waals surface area contributed by atoms with Crippen molar-refractivity contribution >= 4 is 5.97 Å². The van der Waals surface area contributed by atoms with Crippen LogP contribution in [0.2, 0.25) is 0 Å². The smallest absolute Gasteiger partial charge is 0.312 e. The first kappa shape index (κ1) is 11.6. The molecule has 0 unspecified atom stereocenters. The lowest BCUT2D eigenvalue weighted by Gasteiger charge is -2.50. The molecule has 0 radical (unpaired) electrons. The number of ether oxygens (including phenoxy) is 2. The second-order valence-electron chi connectivity index (χ2n) is 5.67. The Morgan fingerprint density at radius 2 is 1.72 bits per heavy atom. The van der Waals surface area contributed by atoms with Gasteiger partial charge >= 0.3 is 5.97 Å². The number of benzene rings is 1. The summed E-state index contributed by atoms with van der Waals surface area (Å²) in [6.07, 6.45) is 3.72. The summed E-state index contributed by atoms with van der Waals surface area (Å²) in [7, 11) is 1.65. The summed E-state index contributed by atoms with van der Waals surface area (Å²) in [5.74, 6) is 0.800. The van der Waals surface area contributed by atoms with Crippen LogP contribution in [0.4, 0.5) is 0 Å². The van der Waals surface area contributed by atoms with Crippen LogP contribution in [0.1, 0.15) is 38.2 Å². The van der Waals surface area contributed by atoms with E-state index in [9.17, 15) is 4.79 Å². The van der Waals surface area contributed by atoms with E-state index in [4.69, 9.17) is 9.47 Å². The summed E-state index contributed by atoms with van der Waals surface area (Å²) in [5.41, 5.74) is 0.466. The van der Waals surface area contributed by atoms with Crippen molar-refractivity contribution in [1.82, 2.24) is 0 Å². The number of carbonyl (C=O) groups excluding carboxylic acids is 1. The molecule has 1 saturated carbocycles. The van der Waals surface area contributed by atoms with Crippen molar-refractivity contribution in [2.75, 3.05) is 7.11 Å². The Morgan fingerprint density at radius 1 is 1.11 bits per heavy atom. The van der Waals surface area contributed by atoms with Crippen LogP contribution in [0.15, 0.2) is 24.3 Å². The maximum Gasteiger partial charge on any atom is 0.312 e. The molecule has 1 aromatic rings. The van der Waals surface area contributed by atoms with Crippen molar-refractivity contribution in [2.24, 2.45) is 5.41 Å². The molecule has 4 rings (SSSR count). The van der Waals surface area contributed by atoms with Gasteiger partial charge in [-0.25, -0.2) is 0 Å². The number of carbonyl (C=O) groups is 1. The molecule has 0 atom stereocenters. The average Bonchev–Trinajstić information content (AvgIpc) is 2.41. The topological polar surface area (TPSA) is 35.5 Å². The molecule has 0 N–H and O–H groups in total. The predicted octanol–water partition coefficient (Wildman–Crippen LogP) is 3.03. The minimum Gasteiger partial charge on any atom is -0.497 e. The van der Waals surface area contributed by atoms with E-state index in [0.717, 1.165) is 37.0 Å². The van der Waals surface area contributed by atoms with Crippen molar-refractivity contribution < 1.29 is 14.3 Å². The lowest BCUT2D eigenvalue weighted by atomic mass is 9.65. The Morgan fingerprint density at radius 3 is 2.22 bits per heavy atom. The van der Waals surface area contributed by atoms with Crippen molar-refractivity contribution in [3.63, 3.8) is 0 Å². The lowest BCUT2D eigenvalue weighted by molar-refractivity contribution is -0.204. The molecule has 3 aliphatic rings. The van der Waals surface area contributed by atoms with Gasteiger partial charge in [0.2, 0.25) is 0 Å². The monoisotopic (exact) mass is 246 g/mol. The number of hydrogen-bond acceptors (Lipinski definition) is 3. The fourth-order valence-corrected chi connectivity index (χ4v) is 3.05. The summed E-state index contributed by atoms with van der Waals surface area (Å²) in [4.78, 5) is 12.0. The van der Waals surface area contributed by atoms with Gasteiger partial charge < -0.3 is 9.47 Å². The van der Waals surface area contributed by atoms with Crippen LogP contribution in [-0.4, -0.2) is 13.1 Å². The van der Waals surface area contributed by atoms with Crippen LogP contribution in [0.5, 0.6) is 5.75 Å². The van der Waals surface area contributed by atoms with E-state index in [-0.39, 0.29) is 17.0 Å². The van der Waals surface area contributed by atoms with E-state index >= 15 is 0 Å². The molecule has 2 heterocycles. The largest absolute Gasteiger partial charge is 0.497 e. The highest BCUT2D eigenvalue weighted by Crippen LogP contribution is 2.54. The first-order valence-electron chi connectivity index (χ1n) is 6.46. The molecule has 0 spiro atoms. The van der Waals surface area contributed by atoms with Crippen LogP contribution >= 0.6 is 0 Å². The Bertz CT molecular complexity index is 467. The zero-order valence-corrected chi connectivity index (χ0v) is 10.9. The first-order valence-corrected chi connectivity index (χ1v) is 6.46. The van der Waals surface area contributed by atoms with Gasteiger partial charge in [-0.1, -0.05) is 12.1 Å². The third-order valence-electron chi connectivity index (χ3n) is 4.56. The number of methoxy groups -OCH3 is 1. The molecule has 18 heavy (non-hydrogen) atoms. The summed E-state index contributed by atoms with van der Waals surface area (Å²) < 4.78 is 10.9.